The fraction of sp³-hybridized carbons (Fsp3) is 0.235. The summed E-state index contributed by atoms with van der Waals surface area (Å²) in [6.45, 7) is 0.261. The normalized spacial score (nSPS) is 12.0. The Morgan fingerprint density at radius 2 is 1.87 bits per heavy atom. The van der Waals surface area contributed by atoms with Crippen LogP contribution in [0.2, 0.25) is 0 Å². The fourth-order valence-electron chi connectivity index (χ4n) is 2.23. The second-order valence-corrected chi connectivity index (χ2v) is 5.35. The smallest absolute Gasteiger partial charge is 0.319 e. The largest absolute Gasteiger partial charge is 0.336 e. The van der Waals surface area contributed by atoms with Crippen molar-refractivity contribution in [2.75, 3.05) is 26.0 Å². The molecule has 0 fully saturated rings. The SMILES string of the molecule is CN(C)C(CNC(=O)Nc1ccccc1F)c1cccc(F)c1. The number of halogens is 2. The van der Waals surface area contributed by atoms with Crippen LogP contribution in [0, 0.1) is 11.6 Å². The van der Waals surface area contributed by atoms with Crippen molar-refractivity contribution in [2.24, 2.45) is 0 Å². The van der Waals surface area contributed by atoms with E-state index in [4.69, 9.17) is 0 Å². The van der Waals surface area contributed by atoms with Gasteiger partial charge in [-0.3, -0.25) is 0 Å². The van der Waals surface area contributed by atoms with E-state index in [1.54, 1.807) is 24.3 Å². The fourth-order valence-corrected chi connectivity index (χ4v) is 2.23. The maximum Gasteiger partial charge on any atom is 0.319 e. The third-order valence-electron chi connectivity index (χ3n) is 3.43. The van der Waals surface area contributed by atoms with Crippen molar-refractivity contribution in [3.05, 3.63) is 65.7 Å². The Labute approximate surface area is 134 Å². The third kappa shape index (κ3) is 4.75. The van der Waals surface area contributed by atoms with Crippen molar-refractivity contribution in [1.82, 2.24) is 10.2 Å². The minimum absolute atomic E-state index is 0.108. The van der Waals surface area contributed by atoms with Crippen LogP contribution in [-0.4, -0.2) is 31.6 Å². The monoisotopic (exact) mass is 319 g/mol. The van der Waals surface area contributed by atoms with Gasteiger partial charge in [0.1, 0.15) is 11.6 Å². The first-order valence-electron chi connectivity index (χ1n) is 7.18. The summed E-state index contributed by atoms with van der Waals surface area (Å²) >= 11 is 0. The molecule has 23 heavy (non-hydrogen) atoms. The molecule has 0 radical (unpaired) electrons. The van der Waals surface area contributed by atoms with Gasteiger partial charge in [-0.05, 0) is 43.9 Å². The Morgan fingerprint density at radius 1 is 1.13 bits per heavy atom. The van der Waals surface area contributed by atoms with Gasteiger partial charge in [-0.25, -0.2) is 13.6 Å². The van der Waals surface area contributed by atoms with Crippen LogP contribution in [0.15, 0.2) is 48.5 Å². The Hall–Kier alpha value is -2.47. The van der Waals surface area contributed by atoms with Crippen molar-refractivity contribution >= 4 is 11.7 Å². The predicted octanol–water partition coefficient (Wildman–Crippen LogP) is 3.39. The van der Waals surface area contributed by atoms with Crippen LogP contribution in [0.25, 0.3) is 0 Å². The number of hydrogen-bond donors (Lipinski definition) is 2. The number of hydrogen-bond acceptors (Lipinski definition) is 2. The van der Waals surface area contributed by atoms with E-state index < -0.39 is 11.8 Å². The number of anilines is 1. The van der Waals surface area contributed by atoms with Gasteiger partial charge in [0.05, 0.1) is 11.7 Å². The zero-order valence-corrected chi connectivity index (χ0v) is 13.0. The first kappa shape index (κ1) is 16.9. The predicted molar refractivity (Wildman–Crippen MR) is 86.2 cm³/mol. The summed E-state index contributed by atoms with van der Waals surface area (Å²) in [7, 11) is 3.68. The molecule has 0 heterocycles. The molecule has 0 aromatic heterocycles. The maximum atomic E-state index is 13.5. The lowest BCUT2D eigenvalue weighted by Gasteiger charge is -2.25. The average molecular weight is 319 g/mol. The number of amides is 2. The van der Waals surface area contributed by atoms with Gasteiger partial charge in [-0.2, -0.15) is 0 Å². The van der Waals surface area contributed by atoms with Gasteiger partial charge < -0.3 is 15.5 Å². The van der Waals surface area contributed by atoms with Crippen molar-refractivity contribution in [1.29, 1.82) is 0 Å². The minimum atomic E-state index is -0.515. The van der Waals surface area contributed by atoms with Gasteiger partial charge in [0, 0.05) is 6.54 Å². The summed E-state index contributed by atoms with van der Waals surface area (Å²) in [6, 6.07) is 11.4. The quantitative estimate of drug-likeness (QED) is 0.887. The lowest BCUT2D eigenvalue weighted by atomic mass is 10.1. The van der Waals surface area contributed by atoms with Crippen LogP contribution >= 0.6 is 0 Å². The lowest BCUT2D eigenvalue weighted by Crippen LogP contribution is -2.37. The summed E-state index contributed by atoms with van der Waals surface area (Å²) in [5, 5.41) is 5.13. The van der Waals surface area contributed by atoms with E-state index >= 15 is 0 Å². The summed E-state index contributed by atoms with van der Waals surface area (Å²) in [5.41, 5.74) is 0.860. The second kappa shape index (κ2) is 7.69. The molecule has 2 N–H and O–H groups in total. The van der Waals surface area contributed by atoms with E-state index in [0.29, 0.717) is 0 Å². The number of carbonyl (C=O) groups is 1. The van der Waals surface area contributed by atoms with E-state index in [2.05, 4.69) is 10.6 Å². The lowest BCUT2D eigenvalue weighted by molar-refractivity contribution is 0.243. The number of rotatable bonds is 5. The summed E-state index contributed by atoms with van der Waals surface area (Å²) in [6.07, 6.45) is 0. The Balaban J connectivity index is 1.99. The van der Waals surface area contributed by atoms with E-state index in [9.17, 15) is 13.6 Å². The third-order valence-corrected chi connectivity index (χ3v) is 3.43. The average Bonchev–Trinajstić information content (AvgIpc) is 2.49. The second-order valence-electron chi connectivity index (χ2n) is 5.35. The molecule has 2 aromatic carbocycles. The zero-order chi connectivity index (χ0) is 16.8. The first-order valence-corrected chi connectivity index (χ1v) is 7.18. The topological polar surface area (TPSA) is 44.4 Å². The summed E-state index contributed by atoms with van der Waals surface area (Å²) in [4.78, 5) is 13.8. The van der Waals surface area contributed by atoms with Gasteiger partial charge in [-0.15, -0.1) is 0 Å². The molecule has 2 amide bonds. The molecule has 1 unspecified atom stereocenters. The molecule has 0 saturated carbocycles. The number of urea groups is 1. The Bertz CT molecular complexity index is 676. The molecule has 0 bridgehead atoms. The highest BCUT2D eigenvalue weighted by molar-refractivity contribution is 5.89. The van der Waals surface area contributed by atoms with E-state index in [1.165, 1.54) is 24.3 Å². The van der Waals surface area contributed by atoms with Crippen LogP contribution in [0.1, 0.15) is 11.6 Å². The first-order chi connectivity index (χ1) is 11.0. The molecule has 2 aromatic rings. The number of nitrogens with one attached hydrogen (secondary N) is 2. The Kier molecular flexibility index (Phi) is 5.65. The minimum Gasteiger partial charge on any atom is -0.336 e. The molecular weight excluding hydrogens is 300 g/mol. The van der Waals surface area contributed by atoms with Crippen molar-refractivity contribution < 1.29 is 13.6 Å². The molecule has 6 heteroatoms. The number of carbonyl (C=O) groups excluding carboxylic acids is 1. The van der Waals surface area contributed by atoms with Crippen molar-refractivity contribution in [3.8, 4) is 0 Å². The van der Waals surface area contributed by atoms with Gasteiger partial charge in [0.15, 0.2) is 0 Å². The standard InChI is InChI=1S/C17H19F2N3O/c1-22(2)16(12-6-5-7-13(18)10-12)11-20-17(23)21-15-9-4-3-8-14(15)19/h3-10,16H,11H2,1-2H3,(H2,20,21,23). The van der Waals surface area contributed by atoms with Crippen LogP contribution in [0.3, 0.4) is 0 Å². The van der Waals surface area contributed by atoms with Gasteiger partial charge >= 0.3 is 6.03 Å². The van der Waals surface area contributed by atoms with Gasteiger partial charge in [0.2, 0.25) is 0 Å². The molecule has 122 valence electrons. The van der Waals surface area contributed by atoms with Crippen molar-refractivity contribution in [2.45, 2.75) is 6.04 Å². The van der Waals surface area contributed by atoms with Crippen LogP contribution in [-0.2, 0) is 0 Å². The molecule has 0 aliphatic rings. The highest BCUT2D eigenvalue weighted by Gasteiger charge is 2.16. The zero-order valence-electron chi connectivity index (χ0n) is 13.0. The van der Waals surface area contributed by atoms with Crippen LogP contribution in [0.5, 0.6) is 0 Å². The molecule has 0 aliphatic heterocycles. The molecule has 1 atom stereocenters. The van der Waals surface area contributed by atoms with Crippen molar-refractivity contribution in [3.63, 3.8) is 0 Å². The maximum absolute atomic E-state index is 13.5. The van der Waals surface area contributed by atoms with Crippen LogP contribution in [0.4, 0.5) is 19.3 Å². The Morgan fingerprint density at radius 3 is 2.52 bits per heavy atom. The number of para-hydroxylation sites is 1. The van der Waals surface area contributed by atoms with E-state index in [0.717, 1.165) is 5.56 Å². The summed E-state index contributed by atoms with van der Waals surface area (Å²) in [5.74, 6) is -0.831. The molecular formula is C17H19F2N3O. The molecule has 0 saturated heterocycles. The van der Waals surface area contributed by atoms with Gasteiger partial charge in [-0.1, -0.05) is 24.3 Å². The van der Waals surface area contributed by atoms with Crippen LogP contribution < -0.4 is 10.6 Å². The number of likely N-dealkylation sites (N-methyl/N-ethyl adjacent to an activating group) is 1. The highest BCUT2D eigenvalue weighted by Crippen LogP contribution is 2.18. The molecule has 0 spiro atoms. The molecule has 2 rings (SSSR count). The highest BCUT2D eigenvalue weighted by atomic mass is 19.1. The van der Waals surface area contributed by atoms with Gasteiger partial charge in [0.25, 0.3) is 0 Å². The van der Waals surface area contributed by atoms with E-state index in [-0.39, 0.29) is 24.1 Å². The molecule has 4 nitrogen and oxygen atoms in total. The summed E-state index contributed by atoms with van der Waals surface area (Å²) < 4.78 is 26.9. The van der Waals surface area contributed by atoms with E-state index in [1.807, 2.05) is 19.0 Å². The number of nitrogens with zero attached hydrogens (tertiary/aromatic N) is 1. The number of benzene rings is 2. The molecule has 0 aliphatic carbocycles.